The van der Waals surface area contributed by atoms with E-state index in [1.54, 1.807) is 13.8 Å². The average Bonchev–Trinajstić information content (AvgIpc) is 3.10. The second kappa shape index (κ2) is 5.71. The number of pyridine rings is 1. The van der Waals surface area contributed by atoms with E-state index < -0.39 is 43.0 Å². The Labute approximate surface area is 139 Å². The number of nitrogens with one attached hydrogen (secondary N) is 1. The van der Waals surface area contributed by atoms with Crippen LogP contribution in [-0.4, -0.2) is 56.3 Å². The molecule has 3 rings (SSSR count). The summed E-state index contributed by atoms with van der Waals surface area (Å²) >= 11 is 0. The molecular weight excluding hydrogens is 341 g/mol. The van der Waals surface area contributed by atoms with Crippen molar-refractivity contribution in [2.75, 3.05) is 13.1 Å². The first-order valence-corrected chi connectivity index (χ1v) is 7.50. The number of carboxylic acid groups (broad SMARTS) is 1. The maximum atomic E-state index is 13.1. The molecule has 1 aliphatic rings. The highest BCUT2D eigenvalue weighted by Gasteiger charge is 2.53. The quantitative estimate of drug-likeness (QED) is 0.856. The zero-order valence-electron chi connectivity index (χ0n) is 13.4. The summed E-state index contributed by atoms with van der Waals surface area (Å²) in [7, 11) is 0. The summed E-state index contributed by atoms with van der Waals surface area (Å²) in [6.45, 7) is 2.14. The normalized spacial score (nSPS) is 21.1. The van der Waals surface area contributed by atoms with Gasteiger partial charge in [-0.1, -0.05) is 0 Å². The van der Waals surface area contributed by atoms with Crippen LogP contribution in [0.25, 0.3) is 11.0 Å². The maximum absolute atomic E-state index is 13.1. The van der Waals surface area contributed by atoms with Crippen LogP contribution in [-0.2, 0) is 4.79 Å². The van der Waals surface area contributed by atoms with Gasteiger partial charge in [-0.3, -0.25) is 14.7 Å². The van der Waals surface area contributed by atoms with Gasteiger partial charge in [-0.25, -0.2) is 4.98 Å². The van der Waals surface area contributed by atoms with E-state index in [0.717, 1.165) is 4.90 Å². The SMILES string of the molecule is Cc1cc(C(=O)N2C[C@@H](C(F)(F)F)[C@H](C(=O)O)C2)c2c(C)[nH]nc2n1. The molecular formula is C15H15F3N4O3. The number of carbonyl (C=O) groups is 2. The van der Waals surface area contributed by atoms with Crippen molar-refractivity contribution in [1.82, 2.24) is 20.1 Å². The third-order valence-corrected chi connectivity index (χ3v) is 4.41. The van der Waals surface area contributed by atoms with Crippen molar-refractivity contribution in [3.63, 3.8) is 0 Å². The van der Waals surface area contributed by atoms with Crippen molar-refractivity contribution < 1.29 is 27.9 Å². The van der Waals surface area contributed by atoms with E-state index in [2.05, 4.69) is 15.2 Å². The van der Waals surface area contributed by atoms with Crippen molar-refractivity contribution in [3.8, 4) is 0 Å². The Morgan fingerprint density at radius 1 is 1.32 bits per heavy atom. The summed E-state index contributed by atoms with van der Waals surface area (Å²) in [5, 5.41) is 16.2. The molecule has 1 saturated heterocycles. The fraction of sp³-hybridized carbons (Fsp3) is 0.467. The third-order valence-electron chi connectivity index (χ3n) is 4.41. The number of halogens is 3. The van der Waals surface area contributed by atoms with Gasteiger partial charge in [0.2, 0.25) is 0 Å². The number of carboxylic acids is 1. The van der Waals surface area contributed by atoms with Gasteiger partial charge in [0.25, 0.3) is 5.91 Å². The number of nitrogens with zero attached hydrogens (tertiary/aromatic N) is 3. The van der Waals surface area contributed by atoms with E-state index in [1.165, 1.54) is 6.07 Å². The average molecular weight is 356 g/mol. The molecule has 0 radical (unpaired) electrons. The second-order valence-corrected chi connectivity index (χ2v) is 6.16. The highest BCUT2D eigenvalue weighted by Crippen LogP contribution is 2.38. The van der Waals surface area contributed by atoms with Crippen LogP contribution < -0.4 is 0 Å². The van der Waals surface area contributed by atoms with Crippen molar-refractivity contribution in [2.45, 2.75) is 20.0 Å². The van der Waals surface area contributed by atoms with Gasteiger partial charge in [-0.15, -0.1) is 0 Å². The summed E-state index contributed by atoms with van der Waals surface area (Å²) in [6, 6.07) is 1.48. The second-order valence-electron chi connectivity index (χ2n) is 6.16. The van der Waals surface area contributed by atoms with Crippen molar-refractivity contribution in [2.24, 2.45) is 11.8 Å². The molecule has 2 N–H and O–H groups in total. The van der Waals surface area contributed by atoms with E-state index in [9.17, 15) is 22.8 Å². The molecule has 0 unspecified atom stereocenters. The van der Waals surface area contributed by atoms with Crippen LogP contribution in [0.15, 0.2) is 6.07 Å². The molecule has 2 aromatic rings. The van der Waals surface area contributed by atoms with Gasteiger partial charge in [0.05, 0.1) is 22.8 Å². The molecule has 10 heteroatoms. The van der Waals surface area contributed by atoms with Crippen LogP contribution in [0, 0.1) is 25.7 Å². The molecule has 134 valence electrons. The van der Waals surface area contributed by atoms with E-state index in [4.69, 9.17) is 5.11 Å². The number of likely N-dealkylation sites (tertiary alicyclic amines) is 1. The molecule has 0 spiro atoms. The summed E-state index contributed by atoms with van der Waals surface area (Å²) in [4.78, 5) is 29.1. The maximum Gasteiger partial charge on any atom is 0.394 e. The lowest BCUT2D eigenvalue weighted by Crippen LogP contribution is -2.34. The molecule has 0 saturated carbocycles. The Bertz CT molecular complexity index is 862. The van der Waals surface area contributed by atoms with Crippen LogP contribution >= 0.6 is 0 Å². The standard InChI is InChI=1S/C15H15F3N4O3/c1-6-3-8(11-7(2)20-21-12(11)19-6)13(23)22-4-9(14(24)25)10(5-22)15(16,17)18/h3,9-10H,4-5H2,1-2H3,(H,24,25)(H,19,20,21)/t9-,10-/m1/s1. The first-order valence-electron chi connectivity index (χ1n) is 7.50. The van der Waals surface area contributed by atoms with E-state index in [-0.39, 0.29) is 5.56 Å². The minimum absolute atomic E-state index is 0.167. The zero-order valence-corrected chi connectivity index (χ0v) is 13.4. The lowest BCUT2D eigenvalue weighted by atomic mass is 9.96. The number of aliphatic carboxylic acids is 1. The highest BCUT2D eigenvalue weighted by molar-refractivity contribution is 6.06. The number of alkyl halides is 3. The fourth-order valence-electron chi connectivity index (χ4n) is 3.19. The molecule has 7 nitrogen and oxygen atoms in total. The van der Waals surface area contributed by atoms with Gasteiger partial charge in [0.1, 0.15) is 0 Å². The number of aryl methyl sites for hydroxylation is 2. The summed E-state index contributed by atoms with van der Waals surface area (Å²) in [6.07, 6.45) is -4.69. The van der Waals surface area contributed by atoms with Gasteiger partial charge in [-0.05, 0) is 19.9 Å². The lowest BCUT2D eigenvalue weighted by molar-refractivity contribution is -0.187. The van der Waals surface area contributed by atoms with Crippen LogP contribution in [0.2, 0.25) is 0 Å². The van der Waals surface area contributed by atoms with Crippen LogP contribution in [0.1, 0.15) is 21.7 Å². The minimum atomic E-state index is -4.69. The fourth-order valence-corrected chi connectivity index (χ4v) is 3.19. The molecule has 0 aromatic carbocycles. The lowest BCUT2D eigenvalue weighted by Gasteiger charge is -2.18. The van der Waals surface area contributed by atoms with E-state index >= 15 is 0 Å². The van der Waals surface area contributed by atoms with Gasteiger partial charge < -0.3 is 10.0 Å². The Hall–Kier alpha value is -2.65. The minimum Gasteiger partial charge on any atom is -0.481 e. The topological polar surface area (TPSA) is 99.2 Å². The number of amides is 1. The van der Waals surface area contributed by atoms with Crippen LogP contribution in [0.4, 0.5) is 13.2 Å². The number of hydrogen-bond donors (Lipinski definition) is 2. The predicted octanol–water partition coefficient (Wildman–Crippen LogP) is 1.91. The number of rotatable bonds is 2. The highest BCUT2D eigenvalue weighted by atomic mass is 19.4. The van der Waals surface area contributed by atoms with Gasteiger partial charge in [-0.2, -0.15) is 18.3 Å². The molecule has 0 aliphatic carbocycles. The summed E-state index contributed by atoms with van der Waals surface area (Å²) in [5.41, 5.74) is 1.51. The van der Waals surface area contributed by atoms with E-state index in [0.29, 0.717) is 22.4 Å². The number of fused-ring (bicyclic) bond motifs is 1. The smallest absolute Gasteiger partial charge is 0.394 e. The van der Waals surface area contributed by atoms with Gasteiger partial charge in [0, 0.05) is 24.5 Å². The Kier molecular flexibility index (Phi) is 3.92. The first-order chi connectivity index (χ1) is 11.6. The number of H-pyrrole nitrogens is 1. The predicted molar refractivity (Wildman–Crippen MR) is 79.9 cm³/mol. The molecule has 1 fully saturated rings. The van der Waals surface area contributed by atoms with Crippen molar-refractivity contribution in [3.05, 3.63) is 23.0 Å². The van der Waals surface area contributed by atoms with Gasteiger partial charge >= 0.3 is 12.1 Å². The van der Waals surface area contributed by atoms with Crippen LogP contribution in [0.5, 0.6) is 0 Å². The van der Waals surface area contributed by atoms with E-state index in [1.807, 2.05) is 0 Å². The van der Waals surface area contributed by atoms with Crippen LogP contribution in [0.3, 0.4) is 0 Å². The van der Waals surface area contributed by atoms with Crippen molar-refractivity contribution in [1.29, 1.82) is 0 Å². The Morgan fingerprint density at radius 2 is 2.00 bits per heavy atom. The number of carbonyl (C=O) groups excluding carboxylic acids is 1. The first kappa shape index (κ1) is 17.2. The Balaban J connectivity index is 2.00. The monoisotopic (exact) mass is 356 g/mol. The zero-order chi connectivity index (χ0) is 18.5. The molecule has 25 heavy (non-hydrogen) atoms. The molecule has 1 aliphatic heterocycles. The van der Waals surface area contributed by atoms with Gasteiger partial charge in [0.15, 0.2) is 5.65 Å². The third kappa shape index (κ3) is 2.92. The summed E-state index contributed by atoms with van der Waals surface area (Å²) in [5.74, 6) is -5.98. The molecule has 1 amide bonds. The molecule has 2 atom stereocenters. The number of aromatic nitrogens is 3. The summed E-state index contributed by atoms with van der Waals surface area (Å²) < 4.78 is 39.3. The van der Waals surface area contributed by atoms with Crippen molar-refractivity contribution >= 4 is 22.9 Å². The number of aromatic amines is 1. The molecule has 2 aromatic heterocycles. The molecule has 0 bridgehead atoms. The number of hydrogen-bond acceptors (Lipinski definition) is 4. The Morgan fingerprint density at radius 3 is 2.56 bits per heavy atom. The molecule has 3 heterocycles. The largest absolute Gasteiger partial charge is 0.481 e.